The summed E-state index contributed by atoms with van der Waals surface area (Å²) in [6.07, 6.45) is 0. The average molecular weight is 186 g/mol. The van der Waals surface area contributed by atoms with Gasteiger partial charge < -0.3 is 19.9 Å². The van der Waals surface area contributed by atoms with Crippen molar-refractivity contribution in [2.75, 3.05) is 26.7 Å². The Kier molecular flexibility index (Phi) is 3.71. The van der Waals surface area contributed by atoms with Crippen LogP contribution in [0.3, 0.4) is 0 Å². The first-order valence-corrected chi connectivity index (χ1v) is 4.39. The van der Waals surface area contributed by atoms with Gasteiger partial charge in [0.1, 0.15) is 6.04 Å². The molecule has 0 aliphatic carbocycles. The lowest BCUT2D eigenvalue weighted by Crippen LogP contribution is -2.59. The fourth-order valence-corrected chi connectivity index (χ4v) is 1.52. The zero-order chi connectivity index (χ0) is 9.84. The minimum absolute atomic E-state index is 0.298. The summed E-state index contributed by atoms with van der Waals surface area (Å²) >= 11 is 0. The van der Waals surface area contributed by atoms with Gasteiger partial charge in [0.2, 0.25) is 0 Å². The second-order valence-electron chi connectivity index (χ2n) is 3.11. The van der Waals surface area contributed by atoms with Gasteiger partial charge in [-0.3, -0.25) is 4.79 Å². The van der Waals surface area contributed by atoms with Crippen LogP contribution in [0.15, 0.2) is 0 Å². The van der Waals surface area contributed by atoms with E-state index in [9.17, 15) is 9.82 Å². The number of esters is 1. The maximum atomic E-state index is 11.3. The molecule has 0 spiro atoms. The summed E-state index contributed by atoms with van der Waals surface area (Å²) in [5, 5.41) is 12.5. The molecule has 0 unspecified atom stereocenters. The molecule has 1 rings (SSSR count). The Hall–Kier alpha value is -0.585. The van der Waals surface area contributed by atoms with E-state index in [1.807, 2.05) is 0 Å². The molecule has 0 bridgehead atoms. The SMILES string of the molecule is COC(=O)[C@H]1CNCCN1B(C)O. The topological polar surface area (TPSA) is 61.8 Å². The lowest BCUT2D eigenvalue weighted by Gasteiger charge is -2.34. The van der Waals surface area contributed by atoms with E-state index in [4.69, 9.17) is 0 Å². The van der Waals surface area contributed by atoms with Crippen LogP contribution < -0.4 is 5.32 Å². The predicted octanol–water partition coefficient (Wildman–Crippen LogP) is -1.46. The van der Waals surface area contributed by atoms with Gasteiger partial charge in [0.15, 0.2) is 0 Å². The molecule has 74 valence electrons. The number of hydrogen-bond acceptors (Lipinski definition) is 5. The van der Waals surface area contributed by atoms with E-state index in [1.54, 1.807) is 11.6 Å². The van der Waals surface area contributed by atoms with Gasteiger partial charge in [-0.25, -0.2) is 0 Å². The van der Waals surface area contributed by atoms with Gasteiger partial charge in [0.05, 0.1) is 7.11 Å². The smallest absolute Gasteiger partial charge is 0.377 e. The molecule has 0 amide bonds. The average Bonchev–Trinajstić information content (AvgIpc) is 2.16. The predicted molar refractivity (Wildman–Crippen MR) is 49.2 cm³/mol. The zero-order valence-electron chi connectivity index (χ0n) is 7.99. The minimum atomic E-state index is -0.605. The highest BCUT2D eigenvalue weighted by Crippen LogP contribution is 2.06. The van der Waals surface area contributed by atoms with E-state index >= 15 is 0 Å². The Balaban J connectivity index is 2.61. The molecule has 0 aromatic heterocycles. The van der Waals surface area contributed by atoms with Crippen molar-refractivity contribution in [3.63, 3.8) is 0 Å². The summed E-state index contributed by atoms with van der Waals surface area (Å²) in [6.45, 7) is 3.65. The highest BCUT2D eigenvalue weighted by atomic mass is 16.5. The number of carbonyl (C=O) groups is 1. The third kappa shape index (κ3) is 2.43. The Morgan fingerprint density at radius 1 is 1.77 bits per heavy atom. The number of piperazine rings is 1. The molecular formula is C7H15BN2O3. The largest absolute Gasteiger partial charge is 0.468 e. The Morgan fingerprint density at radius 2 is 2.46 bits per heavy atom. The normalized spacial score (nSPS) is 24.1. The molecule has 6 heteroatoms. The lowest BCUT2D eigenvalue weighted by atomic mass is 9.82. The van der Waals surface area contributed by atoms with Crippen LogP contribution in [0, 0.1) is 0 Å². The molecule has 1 atom stereocenters. The van der Waals surface area contributed by atoms with Crippen LogP contribution >= 0.6 is 0 Å². The number of nitrogens with one attached hydrogen (secondary N) is 1. The van der Waals surface area contributed by atoms with Crippen LogP contribution in [0.5, 0.6) is 0 Å². The molecule has 2 N–H and O–H groups in total. The van der Waals surface area contributed by atoms with Crippen molar-refractivity contribution in [1.29, 1.82) is 0 Å². The first-order chi connectivity index (χ1) is 6.16. The van der Waals surface area contributed by atoms with Gasteiger partial charge in [-0.05, 0) is 6.82 Å². The molecule has 1 saturated heterocycles. The van der Waals surface area contributed by atoms with Gasteiger partial charge in [-0.15, -0.1) is 0 Å². The summed E-state index contributed by atoms with van der Waals surface area (Å²) in [6, 6.07) is -0.362. The summed E-state index contributed by atoms with van der Waals surface area (Å²) < 4.78 is 4.64. The fourth-order valence-electron chi connectivity index (χ4n) is 1.52. The van der Waals surface area contributed by atoms with Crippen LogP contribution in [0.1, 0.15) is 0 Å². The van der Waals surface area contributed by atoms with Gasteiger partial charge >= 0.3 is 13.0 Å². The molecular weight excluding hydrogens is 171 g/mol. The van der Waals surface area contributed by atoms with E-state index < -0.39 is 7.05 Å². The zero-order valence-corrected chi connectivity index (χ0v) is 7.99. The number of rotatable bonds is 2. The standard InChI is InChI=1S/C7H15BN2O3/c1-8(12)10-4-3-9-5-6(10)7(11)13-2/h6,9,12H,3-5H2,1-2H3/t6-/m1/s1. The molecule has 0 aromatic carbocycles. The third-order valence-corrected chi connectivity index (χ3v) is 2.24. The van der Waals surface area contributed by atoms with Crippen LogP contribution in [0.2, 0.25) is 6.82 Å². The second-order valence-corrected chi connectivity index (χ2v) is 3.11. The molecule has 0 saturated carbocycles. The molecule has 5 nitrogen and oxygen atoms in total. The number of ether oxygens (including phenoxy) is 1. The molecule has 1 heterocycles. The first kappa shape index (κ1) is 10.5. The molecule has 13 heavy (non-hydrogen) atoms. The van der Waals surface area contributed by atoms with Crippen molar-refractivity contribution >= 4 is 13.0 Å². The van der Waals surface area contributed by atoms with Crippen LogP contribution in [0.25, 0.3) is 0 Å². The molecule has 1 fully saturated rings. The molecule has 1 aliphatic rings. The maximum absolute atomic E-state index is 11.3. The number of carbonyl (C=O) groups excluding carboxylic acids is 1. The minimum Gasteiger partial charge on any atom is -0.468 e. The van der Waals surface area contributed by atoms with Crippen LogP contribution in [0.4, 0.5) is 0 Å². The van der Waals surface area contributed by atoms with Crippen molar-refractivity contribution in [3.8, 4) is 0 Å². The van der Waals surface area contributed by atoms with Gasteiger partial charge in [-0.2, -0.15) is 0 Å². The number of methoxy groups -OCH3 is 1. The van der Waals surface area contributed by atoms with Crippen molar-refractivity contribution in [2.45, 2.75) is 12.9 Å². The van der Waals surface area contributed by atoms with Crippen molar-refractivity contribution in [2.24, 2.45) is 0 Å². The number of nitrogens with zero attached hydrogens (tertiary/aromatic N) is 1. The molecule has 0 radical (unpaired) electrons. The van der Waals surface area contributed by atoms with Crippen molar-refractivity contribution in [1.82, 2.24) is 10.1 Å². The van der Waals surface area contributed by atoms with Gasteiger partial charge in [0, 0.05) is 19.6 Å². The highest BCUT2D eigenvalue weighted by Gasteiger charge is 2.33. The Labute approximate surface area is 78.2 Å². The molecule has 1 aliphatic heterocycles. The second kappa shape index (κ2) is 4.60. The van der Waals surface area contributed by atoms with E-state index in [0.717, 1.165) is 6.54 Å². The third-order valence-electron chi connectivity index (χ3n) is 2.24. The van der Waals surface area contributed by atoms with Crippen LogP contribution in [-0.2, 0) is 9.53 Å². The fraction of sp³-hybridized carbons (Fsp3) is 0.857. The number of hydrogen-bond donors (Lipinski definition) is 2. The van der Waals surface area contributed by atoms with E-state index in [2.05, 4.69) is 10.1 Å². The van der Waals surface area contributed by atoms with Crippen LogP contribution in [-0.4, -0.2) is 55.6 Å². The highest BCUT2D eigenvalue weighted by molar-refractivity contribution is 6.45. The van der Waals surface area contributed by atoms with E-state index in [1.165, 1.54) is 7.11 Å². The van der Waals surface area contributed by atoms with E-state index in [0.29, 0.717) is 13.1 Å². The van der Waals surface area contributed by atoms with E-state index in [-0.39, 0.29) is 12.0 Å². The quantitative estimate of drug-likeness (QED) is 0.407. The summed E-state index contributed by atoms with van der Waals surface area (Å²) in [4.78, 5) is 13.0. The summed E-state index contributed by atoms with van der Waals surface area (Å²) in [5.74, 6) is -0.298. The Bertz CT molecular complexity index is 189. The summed E-state index contributed by atoms with van der Waals surface area (Å²) in [5.41, 5.74) is 0. The Morgan fingerprint density at radius 3 is 3.00 bits per heavy atom. The monoisotopic (exact) mass is 186 g/mol. The first-order valence-electron chi connectivity index (χ1n) is 4.39. The van der Waals surface area contributed by atoms with Gasteiger partial charge in [-0.1, -0.05) is 0 Å². The molecule has 0 aromatic rings. The van der Waals surface area contributed by atoms with Crippen molar-refractivity contribution in [3.05, 3.63) is 0 Å². The van der Waals surface area contributed by atoms with Crippen molar-refractivity contribution < 1.29 is 14.6 Å². The summed E-state index contributed by atoms with van der Waals surface area (Å²) in [7, 11) is 0.753. The maximum Gasteiger partial charge on any atom is 0.377 e. The van der Waals surface area contributed by atoms with Gasteiger partial charge in [0.25, 0.3) is 0 Å². The lowest BCUT2D eigenvalue weighted by molar-refractivity contribution is -0.145.